The highest BCUT2D eigenvalue weighted by atomic mass is 16.6. The minimum Gasteiger partial charge on any atom is -0.456 e. The van der Waals surface area contributed by atoms with Gasteiger partial charge in [0.25, 0.3) is 0 Å². The highest BCUT2D eigenvalue weighted by Crippen LogP contribution is 2.63. The molecule has 0 spiro atoms. The molecule has 15 heteroatoms. The molecule has 5 rings (SSSR count). The molecule has 3 aliphatic carbocycles. The number of ether oxygens (including phenoxy) is 5. The Morgan fingerprint density at radius 1 is 1.04 bits per heavy atom. The Bertz CT molecular complexity index is 1750. The SMILES string of the molecule is CC(=O)OC1C(=O)[C@]2(C)C(O)CC3OCC3(O)C2C(OC(=O)c2cccc(C)c2)C2(O)CC(OC(=O)C(O)C(C)NC(=O)OC(C)(C)C)C(C)=C1C2(C)C. The topological polar surface area (TPSA) is 224 Å². The van der Waals surface area contributed by atoms with Gasteiger partial charge in [0.05, 0.1) is 35.8 Å². The van der Waals surface area contributed by atoms with Gasteiger partial charge in [0.1, 0.15) is 29.0 Å². The zero-order valence-electron chi connectivity index (χ0n) is 32.4. The summed E-state index contributed by atoms with van der Waals surface area (Å²) in [5.41, 5.74) is -7.68. The Morgan fingerprint density at radius 2 is 1.69 bits per heavy atom. The zero-order valence-corrected chi connectivity index (χ0v) is 32.4. The molecule has 1 aliphatic heterocycles. The number of hydrogen-bond donors (Lipinski definition) is 5. The van der Waals surface area contributed by atoms with Crippen LogP contribution >= 0.6 is 0 Å². The molecule has 1 saturated heterocycles. The quantitative estimate of drug-likeness (QED) is 0.153. The maximum absolute atomic E-state index is 15.1. The van der Waals surface area contributed by atoms with Crippen molar-refractivity contribution in [2.75, 3.05) is 6.61 Å². The van der Waals surface area contributed by atoms with Gasteiger partial charge in [0, 0.05) is 31.1 Å². The Morgan fingerprint density at radius 3 is 2.24 bits per heavy atom. The molecule has 1 aromatic rings. The number of fused-ring (bicyclic) bond motifs is 5. The lowest BCUT2D eigenvalue weighted by molar-refractivity contribution is -0.343. The van der Waals surface area contributed by atoms with E-state index in [9.17, 15) is 39.6 Å². The van der Waals surface area contributed by atoms with Crippen molar-refractivity contribution in [2.24, 2.45) is 16.7 Å². The van der Waals surface area contributed by atoms with Crippen LogP contribution in [0.5, 0.6) is 0 Å². The number of alkyl carbamates (subject to hydrolysis) is 1. The highest BCUT2D eigenvalue weighted by molar-refractivity contribution is 5.95. The van der Waals surface area contributed by atoms with Crippen molar-refractivity contribution in [3.05, 3.63) is 46.5 Å². The van der Waals surface area contributed by atoms with Crippen LogP contribution in [0.1, 0.15) is 91.1 Å². The number of carbonyl (C=O) groups excluding carboxylic acids is 5. The van der Waals surface area contributed by atoms with Gasteiger partial charge in [-0.25, -0.2) is 14.4 Å². The standard InChI is InChI=1S/C39H53NO14/c1-18-12-11-13-22(14-18)32(45)53-31-29-37(10,24(42)15-25-38(29,48)17-50-25)30(44)28(51-21(4)41)26-19(2)23(16-39(31,49)36(26,8)9)52-33(46)27(43)20(3)40-34(47)54-35(5,6)7/h11-14,20,23-25,27-29,31,42-43,48-49H,15-17H2,1-10H3,(H,40,47)/t20?,23?,24?,25?,27?,28?,29?,31?,37-,38?,39?/m1/s1. The molecule has 4 aliphatic rings. The third-order valence-electron chi connectivity index (χ3n) is 11.8. The third-order valence-corrected chi connectivity index (χ3v) is 11.8. The minimum atomic E-state index is -2.32. The van der Waals surface area contributed by atoms with Crippen molar-refractivity contribution in [1.82, 2.24) is 5.32 Å². The van der Waals surface area contributed by atoms with E-state index in [0.717, 1.165) is 12.5 Å². The van der Waals surface area contributed by atoms with E-state index < -0.39 is 112 Å². The maximum Gasteiger partial charge on any atom is 0.407 e. The van der Waals surface area contributed by atoms with E-state index in [1.807, 2.05) is 0 Å². The molecule has 2 bridgehead atoms. The van der Waals surface area contributed by atoms with E-state index in [1.165, 1.54) is 26.8 Å². The number of benzene rings is 1. The fourth-order valence-electron chi connectivity index (χ4n) is 8.80. The number of hydrogen-bond acceptors (Lipinski definition) is 14. The molecular formula is C39H53NO14. The largest absolute Gasteiger partial charge is 0.456 e. The second-order valence-corrected chi connectivity index (χ2v) is 17.0. The van der Waals surface area contributed by atoms with Gasteiger partial charge in [-0.05, 0) is 71.7 Å². The highest BCUT2D eigenvalue weighted by Gasteiger charge is 2.76. The van der Waals surface area contributed by atoms with Gasteiger partial charge in [-0.2, -0.15) is 0 Å². The van der Waals surface area contributed by atoms with E-state index in [1.54, 1.807) is 59.7 Å². The Kier molecular flexibility index (Phi) is 10.7. The molecule has 3 fully saturated rings. The van der Waals surface area contributed by atoms with Crippen molar-refractivity contribution < 1.29 is 68.1 Å². The van der Waals surface area contributed by atoms with Crippen LogP contribution in [0, 0.1) is 23.7 Å². The van der Waals surface area contributed by atoms with E-state index >= 15 is 4.79 Å². The van der Waals surface area contributed by atoms with Gasteiger partial charge < -0.3 is 49.4 Å². The second-order valence-electron chi connectivity index (χ2n) is 17.0. The number of rotatable bonds is 7. The lowest BCUT2D eigenvalue weighted by Gasteiger charge is -2.66. The predicted molar refractivity (Wildman–Crippen MR) is 189 cm³/mol. The molecule has 1 amide bonds. The van der Waals surface area contributed by atoms with Crippen LogP contribution in [0.3, 0.4) is 0 Å². The summed E-state index contributed by atoms with van der Waals surface area (Å²) >= 11 is 0. The Labute approximate surface area is 314 Å². The van der Waals surface area contributed by atoms with E-state index in [0.29, 0.717) is 0 Å². The van der Waals surface area contributed by atoms with Crippen LogP contribution in [0.15, 0.2) is 35.4 Å². The van der Waals surface area contributed by atoms with Crippen LogP contribution in [0.25, 0.3) is 0 Å². The van der Waals surface area contributed by atoms with Gasteiger partial charge in [0.15, 0.2) is 18.0 Å². The minimum absolute atomic E-state index is 0.0196. The first-order valence-corrected chi connectivity index (χ1v) is 18.1. The van der Waals surface area contributed by atoms with Crippen LogP contribution in [-0.4, -0.2) is 116 Å². The first kappa shape index (κ1) is 41.3. The van der Waals surface area contributed by atoms with E-state index in [-0.39, 0.29) is 29.7 Å². The molecule has 1 aromatic carbocycles. The number of esters is 3. The number of aliphatic hydroxyl groups is 4. The first-order chi connectivity index (χ1) is 24.8. The Hall–Kier alpha value is -3.89. The first-order valence-electron chi connectivity index (χ1n) is 18.1. The fraction of sp³-hybridized carbons (Fsp3) is 0.667. The normalized spacial score (nSPS) is 35.4. The molecule has 2 saturated carbocycles. The van der Waals surface area contributed by atoms with Gasteiger partial charge in [-0.3, -0.25) is 9.59 Å². The molecular weight excluding hydrogens is 706 g/mol. The second kappa shape index (κ2) is 14.0. The average molecular weight is 760 g/mol. The zero-order chi connectivity index (χ0) is 40.5. The number of amides is 1. The van der Waals surface area contributed by atoms with E-state index in [2.05, 4.69) is 5.32 Å². The molecule has 10 unspecified atom stereocenters. The van der Waals surface area contributed by atoms with Crippen molar-refractivity contribution in [1.29, 1.82) is 0 Å². The van der Waals surface area contributed by atoms with Crippen molar-refractivity contribution in [2.45, 2.75) is 142 Å². The van der Waals surface area contributed by atoms with Gasteiger partial charge >= 0.3 is 24.0 Å². The van der Waals surface area contributed by atoms with Crippen molar-refractivity contribution in [3.8, 4) is 0 Å². The number of aliphatic hydroxyl groups excluding tert-OH is 2. The lowest BCUT2D eigenvalue weighted by Crippen LogP contribution is -2.81. The molecule has 0 aromatic heterocycles. The summed E-state index contributed by atoms with van der Waals surface area (Å²) in [6.07, 6.45) is -11.0. The molecule has 0 radical (unpaired) electrons. The number of aryl methyl sites for hydroxylation is 1. The van der Waals surface area contributed by atoms with Gasteiger partial charge in [0.2, 0.25) is 0 Å². The lowest BCUT2D eigenvalue weighted by atomic mass is 9.44. The fourth-order valence-corrected chi connectivity index (χ4v) is 8.80. The number of carbonyl (C=O) groups is 5. The summed E-state index contributed by atoms with van der Waals surface area (Å²) in [4.78, 5) is 67.9. The van der Waals surface area contributed by atoms with E-state index in [4.69, 9.17) is 23.7 Å². The van der Waals surface area contributed by atoms with Crippen LogP contribution in [-0.2, 0) is 38.1 Å². The van der Waals surface area contributed by atoms with Crippen molar-refractivity contribution in [3.63, 3.8) is 0 Å². The summed E-state index contributed by atoms with van der Waals surface area (Å²) in [6.45, 7) is 14.8. The molecule has 298 valence electrons. The summed E-state index contributed by atoms with van der Waals surface area (Å²) in [5, 5.41) is 50.8. The molecule has 15 nitrogen and oxygen atoms in total. The summed E-state index contributed by atoms with van der Waals surface area (Å²) in [7, 11) is 0. The molecule has 1 heterocycles. The van der Waals surface area contributed by atoms with Crippen LogP contribution < -0.4 is 5.32 Å². The summed E-state index contributed by atoms with van der Waals surface area (Å²) < 4.78 is 28.7. The maximum atomic E-state index is 15.1. The van der Waals surface area contributed by atoms with Gasteiger partial charge in [-0.1, -0.05) is 31.5 Å². The monoisotopic (exact) mass is 759 g/mol. The average Bonchev–Trinajstić information content (AvgIpc) is 3.05. The predicted octanol–water partition coefficient (Wildman–Crippen LogP) is 2.22. The molecule has 11 atom stereocenters. The van der Waals surface area contributed by atoms with Gasteiger partial charge in [-0.15, -0.1) is 0 Å². The number of nitrogens with one attached hydrogen (secondary N) is 1. The number of Topliss-reactive ketones (excluding diaryl/α,β-unsaturated/α-hetero) is 1. The summed E-state index contributed by atoms with van der Waals surface area (Å²) in [5.74, 6) is -5.37. The molecule has 5 N–H and O–H groups in total. The molecule has 54 heavy (non-hydrogen) atoms. The smallest absolute Gasteiger partial charge is 0.407 e. The Balaban J connectivity index is 1.67. The third kappa shape index (κ3) is 6.82. The number of ketones is 1. The van der Waals surface area contributed by atoms with Crippen LogP contribution in [0.4, 0.5) is 4.79 Å². The van der Waals surface area contributed by atoms with Crippen molar-refractivity contribution >= 4 is 29.8 Å². The summed E-state index contributed by atoms with van der Waals surface area (Å²) in [6, 6.07) is 5.27. The van der Waals surface area contributed by atoms with Crippen LogP contribution in [0.2, 0.25) is 0 Å².